The number of nitrogens with zero attached hydrogens (tertiary/aromatic N) is 3. The number of hydrogen-bond acceptors (Lipinski definition) is 6. The first-order valence-electron chi connectivity index (χ1n) is 7.70. The van der Waals surface area contributed by atoms with Gasteiger partial charge in [-0.25, -0.2) is 4.99 Å². The van der Waals surface area contributed by atoms with E-state index in [0.29, 0.717) is 16.7 Å². The van der Waals surface area contributed by atoms with Gasteiger partial charge in [-0.15, -0.1) is 0 Å². The predicted molar refractivity (Wildman–Crippen MR) is 103 cm³/mol. The highest BCUT2D eigenvalue weighted by molar-refractivity contribution is 8.13. The topological polar surface area (TPSA) is 106 Å². The van der Waals surface area contributed by atoms with Crippen LogP contribution in [0.5, 0.6) is 5.75 Å². The zero-order chi connectivity index (χ0) is 19.6. The summed E-state index contributed by atoms with van der Waals surface area (Å²) >= 11 is 7.25. The van der Waals surface area contributed by atoms with Gasteiger partial charge in [-0.1, -0.05) is 35.5 Å². The van der Waals surface area contributed by atoms with Crippen molar-refractivity contribution >= 4 is 46.0 Å². The Labute approximate surface area is 164 Å². The highest BCUT2D eigenvalue weighted by Crippen LogP contribution is 2.37. The molecule has 2 aromatic rings. The van der Waals surface area contributed by atoms with Crippen LogP contribution in [0.15, 0.2) is 41.4 Å². The average molecular weight is 401 g/mol. The minimum atomic E-state index is -0.388. The number of rotatable bonds is 3. The van der Waals surface area contributed by atoms with Crippen molar-refractivity contribution in [2.75, 3.05) is 6.26 Å². The number of carbonyl (C=O) groups is 2. The van der Waals surface area contributed by atoms with Crippen LogP contribution in [0, 0.1) is 11.5 Å². The summed E-state index contributed by atoms with van der Waals surface area (Å²) in [5, 5.41) is 21.6. The fourth-order valence-corrected chi connectivity index (χ4v) is 3.24. The van der Waals surface area contributed by atoms with Crippen LogP contribution in [0.2, 0.25) is 5.02 Å². The largest absolute Gasteiger partial charge is 0.504 e. The van der Waals surface area contributed by atoms with Gasteiger partial charge in [0.15, 0.2) is 17.1 Å². The van der Waals surface area contributed by atoms with Crippen molar-refractivity contribution in [3.8, 4) is 11.9 Å². The summed E-state index contributed by atoms with van der Waals surface area (Å²) in [5.41, 5.74) is 1.35. The molecule has 9 heteroatoms. The summed E-state index contributed by atoms with van der Waals surface area (Å²) in [6, 6.07) is 9.59. The van der Waals surface area contributed by atoms with E-state index >= 15 is 0 Å². The van der Waals surface area contributed by atoms with E-state index in [-0.39, 0.29) is 40.0 Å². The molecule has 0 saturated heterocycles. The SMILES string of the molecule is CSC(=Nc1cc(CN2C(=O)c3ccccc3C2=O)cc(Cl)c1O)NC#N. The lowest BCUT2D eigenvalue weighted by Gasteiger charge is -2.15. The van der Waals surface area contributed by atoms with E-state index in [2.05, 4.69) is 10.3 Å². The van der Waals surface area contributed by atoms with E-state index in [0.717, 1.165) is 4.90 Å². The molecular weight excluding hydrogens is 388 g/mol. The maximum absolute atomic E-state index is 12.5. The lowest BCUT2D eigenvalue weighted by Crippen LogP contribution is -2.29. The van der Waals surface area contributed by atoms with Crippen molar-refractivity contribution in [2.24, 2.45) is 4.99 Å². The van der Waals surface area contributed by atoms with Gasteiger partial charge in [0, 0.05) is 0 Å². The van der Waals surface area contributed by atoms with Gasteiger partial charge in [0.1, 0.15) is 5.69 Å². The molecule has 0 unspecified atom stereocenters. The monoisotopic (exact) mass is 400 g/mol. The van der Waals surface area contributed by atoms with Crippen LogP contribution in [-0.2, 0) is 6.54 Å². The number of carbonyl (C=O) groups excluding carboxylic acids is 2. The van der Waals surface area contributed by atoms with Crippen molar-refractivity contribution in [1.82, 2.24) is 10.2 Å². The average Bonchev–Trinajstić information content (AvgIpc) is 2.90. The molecule has 2 amide bonds. The van der Waals surface area contributed by atoms with E-state index in [1.54, 1.807) is 36.7 Å². The summed E-state index contributed by atoms with van der Waals surface area (Å²) in [6.07, 6.45) is 3.47. The van der Waals surface area contributed by atoms with Crippen molar-refractivity contribution in [3.05, 3.63) is 58.1 Å². The summed E-state index contributed by atoms with van der Waals surface area (Å²) in [5.74, 6) is -1.03. The van der Waals surface area contributed by atoms with E-state index in [1.807, 2.05) is 0 Å². The molecule has 7 nitrogen and oxygen atoms in total. The predicted octanol–water partition coefficient (Wildman–Crippen LogP) is 3.26. The molecular formula is C18H13ClN4O3S. The smallest absolute Gasteiger partial charge is 0.261 e. The third kappa shape index (κ3) is 3.60. The Hall–Kier alpha value is -3.02. The molecule has 1 aliphatic rings. The molecule has 0 fully saturated rings. The number of aliphatic imine (C=N–C) groups is 1. The van der Waals surface area contributed by atoms with Gasteiger partial charge >= 0.3 is 0 Å². The van der Waals surface area contributed by atoms with Gasteiger partial charge in [-0.05, 0) is 36.1 Å². The Kier molecular flexibility index (Phi) is 5.35. The van der Waals surface area contributed by atoms with Crippen LogP contribution < -0.4 is 5.32 Å². The molecule has 0 radical (unpaired) electrons. The summed E-state index contributed by atoms with van der Waals surface area (Å²) in [7, 11) is 0. The molecule has 1 aliphatic heterocycles. The number of aromatic hydroxyl groups is 1. The lowest BCUT2D eigenvalue weighted by atomic mass is 10.1. The third-order valence-corrected chi connectivity index (χ3v) is 4.77. The number of phenols is 1. The summed E-state index contributed by atoms with van der Waals surface area (Å²) in [4.78, 5) is 30.3. The minimum Gasteiger partial charge on any atom is -0.504 e. The van der Waals surface area contributed by atoms with Crippen LogP contribution in [0.1, 0.15) is 26.3 Å². The van der Waals surface area contributed by atoms with Crippen LogP contribution in [-0.4, -0.2) is 33.2 Å². The standard InChI is InChI=1S/C18H13ClN4O3S/c1-27-18(21-9-20)22-14-7-10(6-13(19)15(14)24)8-23-16(25)11-4-2-3-5-12(11)17(23)26/h2-7,24H,8H2,1H3,(H,21,22). The highest BCUT2D eigenvalue weighted by atomic mass is 35.5. The Bertz CT molecular complexity index is 981. The van der Waals surface area contributed by atoms with Gasteiger partial charge in [0.2, 0.25) is 0 Å². The Morgan fingerprint density at radius 2 is 1.93 bits per heavy atom. The molecule has 2 N–H and O–H groups in total. The van der Waals surface area contributed by atoms with Gasteiger partial charge in [0.05, 0.1) is 22.7 Å². The number of nitriles is 1. The molecule has 1 heterocycles. The van der Waals surface area contributed by atoms with Gasteiger partial charge in [-0.3, -0.25) is 19.8 Å². The fraction of sp³-hybridized carbons (Fsp3) is 0.111. The third-order valence-electron chi connectivity index (χ3n) is 3.90. The fourth-order valence-electron chi connectivity index (χ4n) is 2.66. The number of imide groups is 1. The number of amidine groups is 1. The van der Waals surface area contributed by atoms with E-state index < -0.39 is 0 Å². The van der Waals surface area contributed by atoms with Crippen LogP contribution in [0.3, 0.4) is 0 Å². The second-order valence-electron chi connectivity index (χ2n) is 5.55. The van der Waals surface area contributed by atoms with Gasteiger partial charge in [-0.2, -0.15) is 5.26 Å². The molecule has 0 saturated carbocycles. The lowest BCUT2D eigenvalue weighted by molar-refractivity contribution is 0.0642. The normalized spacial score (nSPS) is 13.5. The second-order valence-corrected chi connectivity index (χ2v) is 6.75. The highest BCUT2D eigenvalue weighted by Gasteiger charge is 2.35. The zero-order valence-electron chi connectivity index (χ0n) is 14.1. The van der Waals surface area contributed by atoms with E-state index in [1.165, 1.54) is 23.9 Å². The molecule has 3 rings (SSSR count). The summed E-state index contributed by atoms with van der Waals surface area (Å²) in [6.45, 7) is -0.0187. The number of fused-ring (bicyclic) bond motifs is 1. The van der Waals surface area contributed by atoms with Crippen LogP contribution in [0.4, 0.5) is 5.69 Å². The first-order valence-corrected chi connectivity index (χ1v) is 9.31. The first-order chi connectivity index (χ1) is 13.0. The number of benzene rings is 2. The number of halogens is 1. The van der Waals surface area contributed by atoms with Crippen LogP contribution >= 0.6 is 23.4 Å². The van der Waals surface area contributed by atoms with Crippen molar-refractivity contribution < 1.29 is 14.7 Å². The van der Waals surface area contributed by atoms with Crippen LogP contribution in [0.25, 0.3) is 0 Å². The number of amides is 2. The van der Waals surface area contributed by atoms with E-state index in [9.17, 15) is 14.7 Å². The zero-order valence-corrected chi connectivity index (χ0v) is 15.6. The Morgan fingerprint density at radius 1 is 1.30 bits per heavy atom. The maximum Gasteiger partial charge on any atom is 0.261 e. The van der Waals surface area contributed by atoms with Crippen molar-refractivity contribution in [3.63, 3.8) is 0 Å². The number of phenolic OH excluding ortho intramolecular Hbond substituents is 1. The van der Waals surface area contributed by atoms with E-state index in [4.69, 9.17) is 16.9 Å². The number of hydrogen-bond donors (Lipinski definition) is 2. The molecule has 0 bridgehead atoms. The number of thioether (sulfide) groups is 1. The second kappa shape index (κ2) is 7.70. The van der Waals surface area contributed by atoms with Gasteiger partial charge in [0.25, 0.3) is 11.8 Å². The molecule has 27 heavy (non-hydrogen) atoms. The Morgan fingerprint density at radius 3 is 2.48 bits per heavy atom. The molecule has 0 atom stereocenters. The minimum absolute atomic E-state index is 0.0187. The maximum atomic E-state index is 12.5. The number of nitrogens with one attached hydrogen (secondary N) is 1. The quantitative estimate of drug-likeness (QED) is 0.269. The molecule has 136 valence electrons. The first kappa shape index (κ1) is 18.8. The molecule has 0 spiro atoms. The van der Waals surface area contributed by atoms with Crippen molar-refractivity contribution in [1.29, 1.82) is 5.26 Å². The molecule has 0 aromatic heterocycles. The molecule has 0 aliphatic carbocycles. The Balaban J connectivity index is 1.94. The molecule has 2 aromatic carbocycles. The van der Waals surface area contributed by atoms with Gasteiger partial charge < -0.3 is 5.11 Å². The summed E-state index contributed by atoms with van der Waals surface area (Å²) < 4.78 is 0. The van der Waals surface area contributed by atoms with Crippen molar-refractivity contribution in [2.45, 2.75) is 6.54 Å².